The van der Waals surface area contributed by atoms with Gasteiger partial charge in [-0.1, -0.05) is 6.07 Å². The highest BCUT2D eigenvalue weighted by Crippen LogP contribution is 2.19. The molecule has 1 fully saturated rings. The van der Waals surface area contributed by atoms with Gasteiger partial charge in [-0.05, 0) is 31.2 Å². The highest BCUT2D eigenvalue weighted by Gasteiger charge is 2.30. The van der Waals surface area contributed by atoms with Crippen molar-refractivity contribution < 1.29 is 9.21 Å². The number of carbonyl (C=O) groups is 1. The van der Waals surface area contributed by atoms with E-state index in [1.165, 1.54) is 4.88 Å². The van der Waals surface area contributed by atoms with E-state index in [0.717, 1.165) is 38.2 Å². The Balaban J connectivity index is 1.55. The van der Waals surface area contributed by atoms with Crippen LogP contribution in [0, 0.1) is 6.92 Å². The second-order valence-corrected chi connectivity index (χ2v) is 7.12. The molecular formula is C17H23N3O2S. The maximum absolute atomic E-state index is 12.0. The minimum absolute atomic E-state index is 0.0889. The molecule has 23 heavy (non-hydrogen) atoms. The lowest BCUT2D eigenvalue weighted by Gasteiger charge is -2.27. The first-order chi connectivity index (χ1) is 11.1. The summed E-state index contributed by atoms with van der Waals surface area (Å²) < 4.78 is 5.53. The predicted molar refractivity (Wildman–Crippen MR) is 90.3 cm³/mol. The van der Waals surface area contributed by atoms with Crippen LogP contribution in [-0.4, -0.2) is 46.4 Å². The molecule has 0 unspecified atom stereocenters. The average molecular weight is 333 g/mol. The zero-order valence-corrected chi connectivity index (χ0v) is 14.5. The molecule has 2 aromatic heterocycles. The highest BCUT2D eigenvalue weighted by atomic mass is 32.1. The van der Waals surface area contributed by atoms with Crippen molar-refractivity contribution >= 4 is 17.2 Å². The van der Waals surface area contributed by atoms with E-state index < -0.39 is 0 Å². The Morgan fingerprint density at radius 2 is 2.43 bits per heavy atom. The number of aromatic nitrogens is 1. The third-order valence-corrected chi connectivity index (χ3v) is 5.26. The van der Waals surface area contributed by atoms with Crippen molar-refractivity contribution in [3.8, 4) is 0 Å². The molecule has 2 aromatic rings. The van der Waals surface area contributed by atoms with Crippen LogP contribution in [0.4, 0.5) is 0 Å². The Hall–Kier alpha value is -1.66. The van der Waals surface area contributed by atoms with Gasteiger partial charge in [0.2, 0.25) is 11.8 Å². The lowest BCUT2D eigenvalue weighted by Crippen LogP contribution is -2.40. The summed E-state index contributed by atoms with van der Waals surface area (Å²) in [7, 11) is 0. The molecule has 1 aliphatic heterocycles. The molecule has 1 aliphatic rings. The van der Waals surface area contributed by atoms with Gasteiger partial charge < -0.3 is 14.2 Å². The third kappa shape index (κ3) is 4.20. The number of hydrogen-bond acceptors (Lipinski definition) is 5. The molecule has 1 amide bonds. The van der Waals surface area contributed by atoms with Crippen molar-refractivity contribution in [3.63, 3.8) is 0 Å². The highest BCUT2D eigenvalue weighted by molar-refractivity contribution is 7.09. The van der Waals surface area contributed by atoms with E-state index in [-0.39, 0.29) is 11.9 Å². The van der Waals surface area contributed by atoms with Crippen LogP contribution in [0.5, 0.6) is 0 Å². The summed E-state index contributed by atoms with van der Waals surface area (Å²) in [6.45, 7) is 7.00. The minimum Gasteiger partial charge on any atom is -0.444 e. The van der Waals surface area contributed by atoms with Crippen LogP contribution in [0.2, 0.25) is 0 Å². The summed E-state index contributed by atoms with van der Waals surface area (Å²) in [5.74, 6) is 1.49. The van der Waals surface area contributed by atoms with Crippen LogP contribution >= 0.6 is 11.3 Å². The second kappa shape index (κ2) is 7.27. The monoisotopic (exact) mass is 333 g/mol. The molecular weight excluding hydrogens is 310 g/mol. The van der Waals surface area contributed by atoms with Gasteiger partial charge in [0.25, 0.3) is 0 Å². The molecule has 6 heteroatoms. The number of carbonyl (C=O) groups excluding carboxylic acids is 1. The molecule has 0 aromatic carbocycles. The van der Waals surface area contributed by atoms with Gasteiger partial charge in [0.05, 0.1) is 12.7 Å². The lowest BCUT2D eigenvalue weighted by atomic mass is 10.2. The lowest BCUT2D eigenvalue weighted by molar-refractivity contribution is -0.132. The summed E-state index contributed by atoms with van der Waals surface area (Å²) in [6, 6.07) is 4.54. The standard InChI is InChI=1S/C17H23N3O2S/c1-13-10-18-17(22-13)12-20(14(2)21)15-5-7-19(11-15)8-6-16-4-3-9-23-16/h3-4,9-10,15H,5-8,11-12H2,1-2H3/t15-/m0/s1. The second-order valence-electron chi connectivity index (χ2n) is 6.08. The van der Waals surface area contributed by atoms with Gasteiger partial charge in [0.1, 0.15) is 5.76 Å². The molecule has 0 saturated carbocycles. The Kier molecular flexibility index (Phi) is 5.13. The fraction of sp³-hybridized carbons (Fsp3) is 0.529. The Labute approximate surface area is 140 Å². The van der Waals surface area contributed by atoms with Gasteiger partial charge >= 0.3 is 0 Å². The first-order valence-corrected chi connectivity index (χ1v) is 8.93. The summed E-state index contributed by atoms with van der Waals surface area (Å²) in [5, 5.41) is 2.12. The van der Waals surface area contributed by atoms with Crippen LogP contribution in [0.1, 0.15) is 29.9 Å². The molecule has 3 heterocycles. The number of thiophene rings is 1. The number of hydrogen-bond donors (Lipinski definition) is 0. The van der Waals surface area contributed by atoms with Crippen LogP contribution in [0.25, 0.3) is 0 Å². The molecule has 0 radical (unpaired) electrons. The first kappa shape index (κ1) is 16.2. The van der Waals surface area contributed by atoms with Gasteiger partial charge in [-0.3, -0.25) is 4.79 Å². The van der Waals surface area contributed by atoms with Gasteiger partial charge in [-0.15, -0.1) is 11.3 Å². The van der Waals surface area contributed by atoms with E-state index in [9.17, 15) is 4.79 Å². The zero-order valence-electron chi connectivity index (χ0n) is 13.7. The van der Waals surface area contributed by atoms with Gasteiger partial charge in [-0.2, -0.15) is 0 Å². The van der Waals surface area contributed by atoms with E-state index in [4.69, 9.17) is 4.42 Å². The maximum atomic E-state index is 12.0. The van der Waals surface area contributed by atoms with Crippen LogP contribution in [-0.2, 0) is 17.8 Å². The number of aryl methyl sites for hydroxylation is 1. The van der Waals surface area contributed by atoms with Crippen LogP contribution in [0.3, 0.4) is 0 Å². The molecule has 0 spiro atoms. The van der Waals surface area contributed by atoms with Gasteiger partial charge in [0, 0.05) is 37.5 Å². The number of nitrogens with zero attached hydrogens (tertiary/aromatic N) is 3. The average Bonchev–Trinajstić information content (AvgIpc) is 3.24. The SMILES string of the molecule is CC(=O)N(Cc1ncc(C)o1)[C@H]1CCN(CCc2cccs2)C1. The fourth-order valence-electron chi connectivity index (χ4n) is 3.11. The quantitative estimate of drug-likeness (QED) is 0.815. The summed E-state index contributed by atoms with van der Waals surface area (Å²) in [6.07, 6.45) is 3.81. The normalized spacial score (nSPS) is 18.4. The molecule has 3 rings (SSSR count). The van der Waals surface area contributed by atoms with Crippen LogP contribution < -0.4 is 0 Å². The molecule has 0 aliphatic carbocycles. The first-order valence-electron chi connectivity index (χ1n) is 8.05. The summed E-state index contributed by atoms with van der Waals surface area (Å²) in [5.41, 5.74) is 0. The van der Waals surface area contributed by atoms with Crippen molar-refractivity contribution in [3.05, 3.63) is 40.2 Å². The Morgan fingerprint density at radius 1 is 1.57 bits per heavy atom. The Bertz CT molecular complexity index is 638. The van der Waals surface area contributed by atoms with E-state index >= 15 is 0 Å². The topological polar surface area (TPSA) is 49.6 Å². The summed E-state index contributed by atoms with van der Waals surface area (Å²) in [4.78, 5) is 22.0. The van der Waals surface area contributed by atoms with E-state index in [2.05, 4.69) is 27.4 Å². The summed E-state index contributed by atoms with van der Waals surface area (Å²) >= 11 is 1.81. The third-order valence-electron chi connectivity index (χ3n) is 4.32. The van der Waals surface area contributed by atoms with E-state index in [1.54, 1.807) is 13.1 Å². The van der Waals surface area contributed by atoms with E-state index in [0.29, 0.717) is 12.4 Å². The maximum Gasteiger partial charge on any atom is 0.220 e. The van der Waals surface area contributed by atoms with E-state index in [1.807, 2.05) is 23.2 Å². The molecule has 124 valence electrons. The minimum atomic E-state index is 0.0889. The van der Waals surface area contributed by atoms with Crippen molar-refractivity contribution in [1.29, 1.82) is 0 Å². The molecule has 1 atom stereocenters. The zero-order chi connectivity index (χ0) is 16.2. The number of likely N-dealkylation sites (tertiary alicyclic amines) is 1. The van der Waals surface area contributed by atoms with Crippen molar-refractivity contribution in [2.45, 2.75) is 39.3 Å². The molecule has 5 nitrogen and oxygen atoms in total. The van der Waals surface area contributed by atoms with Crippen molar-refractivity contribution in [1.82, 2.24) is 14.8 Å². The Morgan fingerprint density at radius 3 is 3.09 bits per heavy atom. The number of oxazole rings is 1. The van der Waals surface area contributed by atoms with Gasteiger partial charge in [-0.25, -0.2) is 4.98 Å². The number of amides is 1. The van der Waals surface area contributed by atoms with Gasteiger partial charge in [0.15, 0.2) is 0 Å². The molecule has 1 saturated heterocycles. The van der Waals surface area contributed by atoms with Crippen molar-refractivity contribution in [2.75, 3.05) is 19.6 Å². The molecule has 0 N–H and O–H groups in total. The smallest absolute Gasteiger partial charge is 0.220 e. The molecule has 0 bridgehead atoms. The fourth-order valence-corrected chi connectivity index (χ4v) is 3.81. The van der Waals surface area contributed by atoms with Crippen LogP contribution in [0.15, 0.2) is 28.1 Å². The largest absolute Gasteiger partial charge is 0.444 e. The van der Waals surface area contributed by atoms with Crippen molar-refractivity contribution in [2.24, 2.45) is 0 Å². The predicted octanol–water partition coefficient (Wildman–Crippen LogP) is 2.71. The number of rotatable bonds is 6.